The highest BCUT2D eigenvalue weighted by Crippen LogP contribution is 2.22. The van der Waals surface area contributed by atoms with Crippen LogP contribution in [0, 0.1) is 5.82 Å². The highest BCUT2D eigenvalue weighted by molar-refractivity contribution is 5.67. The molecule has 0 aliphatic carbocycles. The molecule has 7 heteroatoms. The second kappa shape index (κ2) is 8.38. The SMILES string of the molecule is CC(C)(C)OC(=O)NCCCN1CCN(c2ccc(N)cc2F)CC1. The van der Waals surface area contributed by atoms with E-state index in [-0.39, 0.29) is 11.9 Å². The van der Waals surface area contributed by atoms with Gasteiger partial charge in [-0.1, -0.05) is 0 Å². The van der Waals surface area contributed by atoms with Crippen LogP contribution in [0.25, 0.3) is 0 Å². The molecule has 1 aromatic carbocycles. The third-order valence-electron chi connectivity index (χ3n) is 4.00. The maximum atomic E-state index is 14.0. The van der Waals surface area contributed by atoms with Gasteiger partial charge in [-0.15, -0.1) is 0 Å². The molecule has 0 bridgehead atoms. The summed E-state index contributed by atoms with van der Waals surface area (Å²) < 4.78 is 19.2. The number of nitrogens with one attached hydrogen (secondary N) is 1. The Kier molecular flexibility index (Phi) is 6.47. The molecule has 0 saturated carbocycles. The Bertz CT molecular complexity index is 581. The third kappa shape index (κ3) is 6.42. The van der Waals surface area contributed by atoms with Crippen molar-refractivity contribution >= 4 is 17.5 Å². The zero-order valence-electron chi connectivity index (χ0n) is 15.3. The highest BCUT2D eigenvalue weighted by atomic mass is 19.1. The largest absolute Gasteiger partial charge is 0.444 e. The molecule has 25 heavy (non-hydrogen) atoms. The molecule has 0 aromatic heterocycles. The van der Waals surface area contributed by atoms with Crippen molar-refractivity contribution in [1.82, 2.24) is 10.2 Å². The van der Waals surface area contributed by atoms with Crippen LogP contribution in [0.2, 0.25) is 0 Å². The van der Waals surface area contributed by atoms with Crippen LogP contribution in [0.3, 0.4) is 0 Å². The first kappa shape index (κ1) is 19.3. The number of ether oxygens (including phenoxy) is 1. The maximum absolute atomic E-state index is 14.0. The van der Waals surface area contributed by atoms with Crippen LogP contribution in [0.5, 0.6) is 0 Å². The van der Waals surface area contributed by atoms with Crippen LogP contribution < -0.4 is 16.0 Å². The van der Waals surface area contributed by atoms with E-state index in [0.29, 0.717) is 17.9 Å². The molecule has 1 aliphatic rings. The molecule has 0 spiro atoms. The Labute approximate surface area is 149 Å². The first-order valence-electron chi connectivity index (χ1n) is 8.74. The van der Waals surface area contributed by atoms with E-state index in [2.05, 4.69) is 10.2 Å². The van der Waals surface area contributed by atoms with E-state index < -0.39 is 5.60 Å². The summed E-state index contributed by atoms with van der Waals surface area (Å²) in [6.07, 6.45) is 0.478. The number of anilines is 2. The van der Waals surface area contributed by atoms with Crippen molar-refractivity contribution in [2.45, 2.75) is 32.8 Å². The summed E-state index contributed by atoms with van der Waals surface area (Å²) in [5, 5.41) is 2.77. The Balaban J connectivity index is 1.66. The number of amides is 1. The monoisotopic (exact) mass is 352 g/mol. The number of hydrogen-bond donors (Lipinski definition) is 2. The summed E-state index contributed by atoms with van der Waals surface area (Å²) in [7, 11) is 0. The second-order valence-corrected chi connectivity index (χ2v) is 7.32. The Hall–Kier alpha value is -2.02. The van der Waals surface area contributed by atoms with Gasteiger partial charge in [-0.2, -0.15) is 0 Å². The molecule has 0 radical (unpaired) electrons. The number of carbonyl (C=O) groups is 1. The van der Waals surface area contributed by atoms with E-state index >= 15 is 0 Å². The maximum Gasteiger partial charge on any atom is 0.407 e. The lowest BCUT2D eigenvalue weighted by atomic mass is 10.2. The van der Waals surface area contributed by atoms with Gasteiger partial charge < -0.3 is 20.7 Å². The molecular formula is C18H29FN4O2. The molecule has 1 aromatic rings. The molecule has 3 N–H and O–H groups in total. The average molecular weight is 352 g/mol. The Morgan fingerprint density at radius 1 is 1.28 bits per heavy atom. The van der Waals surface area contributed by atoms with Gasteiger partial charge in [0, 0.05) is 38.4 Å². The Morgan fingerprint density at radius 2 is 1.96 bits per heavy atom. The number of rotatable bonds is 5. The molecule has 1 amide bonds. The minimum Gasteiger partial charge on any atom is -0.444 e. The number of nitrogens with two attached hydrogens (primary N) is 1. The zero-order chi connectivity index (χ0) is 18.4. The summed E-state index contributed by atoms with van der Waals surface area (Å²) in [5.41, 5.74) is 6.18. The third-order valence-corrected chi connectivity index (χ3v) is 4.00. The topological polar surface area (TPSA) is 70.8 Å². The molecule has 0 atom stereocenters. The molecule has 1 fully saturated rings. The van der Waals surface area contributed by atoms with Crippen molar-refractivity contribution in [3.05, 3.63) is 24.0 Å². The fourth-order valence-corrected chi connectivity index (χ4v) is 2.80. The summed E-state index contributed by atoms with van der Waals surface area (Å²) >= 11 is 0. The van der Waals surface area contributed by atoms with E-state index in [1.807, 2.05) is 25.7 Å². The van der Waals surface area contributed by atoms with Gasteiger partial charge in [0.15, 0.2) is 0 Å². The molecule has 6 nitrogen and oxygen atoms in total. The van der Waals surface area contributed by atoms with Gasteiger partial charge in [0.05, 0.1) is 5.69 Å². The molecule has 2 rings (SSSR count). The number of benzene rings is 1. The predicted octanol–water partition coefficient (Wildman–Crippen LogP) is 2.44. The summed E-state index contributed by atoms with van der Waals surface area (Å²) in [6, 6.07) is 4.84. The van der Waals surface area contributed by atoms with Crippen molar-refractivity contribution in [2.24, 2.45) is 0 Å². The molecule has 0 unspecified atom stereocenters. The minimum absolute atomic E-state index is 0.269. The summed E-state index contributed by atoms with van der Waals surface area (Å²) in [4.78, 5) is 15.9. The molecule has 1 heterocycles. The van der Waals surface area contributed by atoms with Crippen LogP contribution in [-0.4, -0.2) is 55.9 Å². The quantitative estimate of drug-likeness (QED) is 0.629. The number of hydrogen-bond acceptors (Lipinski definition) is 5. The number of nitrogen functional groups attached to an aromatic ring is 1. The molecule has 140 valence electrons. The van der Waals surface area contributed by atoms with Gasteiger partial charge in [0.2, 0.25) is 0 Å². The lowest BCUT2D eigenvalue weighted by molar-refractivity contribution is 0.0525. The van der Waals surface area contributed by atoms with Crippen LogP contribution >= 0.6 is 0 Å². The second-order valence-electron chi connectivity index (χ2n) is 7.32. The molecule has 1 saturated heterocycles. The van der Waals surface area contributed by atoms with Crippen molar-refractivity contribution in [2.75, 3.05) is 49.9 Å². The van der Waals surface area contributed by atoms with Gasteiger partial charge in [-0.25, -0.2) is 9.18 Å². The van der Waals surface area contributed by atoms with E-state index in [1.54, 1.807) is 12.1 Å². The van der Waals surface area contributed by atoms with E-state index in [4.69, 9.17) is 10.5 Å². The Morgan fingerprint density at radius 3 is 2.56 bits per heavy atom. The lowest BCUT2D eigenvalue weighted by Gasteiger charge is -2.36. The standard InChI is InChI=1S/C18H29FN4O2/c1-18(2,3)25-17(24)21-7-4-8-22-9-11-23(12-10-22)16-6-5-14(20)13-15(16)19/h5-6,13H,4,7-12,20H2,1-3H3,(H,21,24). The van der Waals surface area contributed by atoms with E-state index in [9.17, 15) is 9.18 Å². The van der Waals surface area contributed by atoms with Crippen molar-refractivity contribution in [3.63, 3.8) is 0 Å². The molecular weight excluding hydrogens is 323 g/mol. The fraction of sp³-hybridized carbons (Fsp3) is 0.611. The van der Waals surface area contributed by atoms with Crippen LogP contribution in [0.15, 0.2) is 18.2 Å². The first-order valence-corrected chi connectivity index (χ1v) is 8.74. The number of alkyl carbamates (subject to hydrolysis) is 1. The van der Waals surface area contributed by atoms with Crippen LogP contribution in [-0.2, 0) is 4.74 Å². The molecule has 1 aliphatic heterocycles. The van der Waals surface area contributed by atoms with Crippen LogP contribution in [0.1, 0.15) is 27.2 Å². The summed E-state index contributed by atoms with van der Waals surface area (Å²) in [6.45, 7) is 10.3. The zero-order valence-corrected chi connectivity index (χ0v) is 15.3. The number of nitrogens with zero attached hydrogens (tertiary/aromatic N) is 2. The first-order chi connectivity index (χ1) is 11.7. The highest BCUT2D eigenvalue weighted by Gasteiger charge is 2.19. The van der Waals surface area contributed by atoms with Gasteiger partial charge in [-0.05, 0) is 51.9 Å². The van der Waals surface area contributed by atoms with Gasteiger partial charge in [0.1, 0.15) is 11.4 Å². The van der Waals surface area contributed by atoms with Crippen molar-refractivity contribution < 1.29 is 13.9 Å². The average Bonchev–Trinajstić information content (AvgIpc) is 2.51. The van der Waals surface area contributed by atoms with Gasteiger partial charge in [-0.3, -0.25) is 4.90 Å². The summed E-state index contributed by atoms with van der Waals surface area (Å²) in [5.74, 6) is -0.269. The number of piperazine rings is 1. The van der Waals surface area contributed by atoms with E-state index in [0.717, 1.165) is 39.1 Å². The smallest absolute Gasteiger partial charge is 0.407 e. The number of carbonyl (C=O) groups excluding carboxylic acids is 1. The van der Waals surface area contributed by atoms with Gasteiger partial charge in [0.25, 0.3) is 0 Å². The normalized spacial score (nSPS) is 15.9. The van der Waals surface area contributed by atoms with Crippen molar-refractivity contribution in [1.29, 1.82) is 0 Å². The van der Waals surface area contributed by atoms with Crippen LogP contribution in [0.4, 0.5) is 20.6 Å². The van der Waals surface area contributed by atoms with Crippen molar-refractivity contribution in [3.8, 4) is 0 Å². The van der Waals surface area contributed by atoms with Gasteiger partial charge >= 0.3 is 6.09 Å². The minimum atomic E-state index is -0.474. The lowest BCUT2D eigenvalue weighted by Crippen LogP contribution is -2.47. The van der Waals surface area contributed by atoms with E-state index in [1.165, 1.54) is 6.07 Å². The number of halogens is 1. The predicted molar refractivity (Wildman–Crippen MR) is 98.3 cm³/mol. The fourth-order valence-electron chi connectivity index (χ4n) is 2.80.